The van der Waals surface area contributed by atoms with Crippen LogP contribution in [0.15, 0.2) is 73.3 Å². The Bertz CT molecular complexity index is 755. The highest BCUT2D eigenvalue weighted by Crippen LogP contribution is 2.21. The van der Waals surface area contributed by atoms with Gasteiger partial charge in [0.05, 0.1) is 18.4 Å². The molecule has 4 nitrogen and oxygen atoms in total. The summed E-state index contributed by atoms with van der Waals surface area (Å²) in [5, 5.41) is 0. The number of esters is 1. The highest BCUT2D eigenvalue weighted by atomic mass is 127. The number of aromatic nitrogens is 2. The minimum absolute atomic E-state index is 0.324. The van der Waals surface area contributed by atoms with Crippen molar-refractivity contribution in [3.63, 3.8) is 0 Å². The topological polar surface area (TPSA) is 44.1 Å². The number of carbonyl (C=O) groups is 1. The Kier molecular flexibility index (Phi) is 5.07. The van der Waals surface area contributed by atoms with E-state index in [1.165, 1.54) is 0 Å². The van der Waals surface area contributed by atoms with Gasteiger partial charge >= 0.3 is 5.97 Å². The van der Waals surface area contributed by atoms with Crippen LogP contribution in [-0.4, -0.2) is 15.5 Å². The molecule has 1 aromatic heterocycles. The van der Waals surface area contributed by atoms with Gasteiger partial charge in [-0.2, -0.15) is 0 Å². The van der Waals surface area contributed by atoms with Gasteiger partial charge in [-0.1, -0.05) is 30.3 Å². The van der Waals surface area contributed by atoms with E-state index in [-0.39, 0.29) is 12.1 Å². The average molecular weight is 418 g/mol. The standard InChI is InChI=1S/C18H15IN2O2/c19-16-8-6-15(7-9-16)18(22)23-17(12-21-11-10-20-13-21)14-4-2-1-3-5-14/h1-11,13,17H,12H2/t17-/m1/s1. The summed E-state index contributed by atoms with van der Waals surface area (Å²) in [6.45, 7) is 0.528. The first-order valence-corrected chi connectivity index (χ1v) is 8.27. The van der Waals surface area contributed by atoms with Crippen LogP contribution in [0.4, 0.5) is 0 Å². The minimum atomic E-state index is -0.364. The SMILES string of the molecule is O=C(O[C@H](Cn1ccnc1)c1ccccc1)c1ccc(I)cc1. The number of imidazole rings is 1. The molecule has 2 aromatic carbocycles. The Morgan fingerprint density at radius 3 is 2.52 bits per heavy atom. The van der Waals surface area contributed by atoms with E-state index in [4.69, 9.17) is 4.74 Å². The fourth-order valence-electron chi connectivity index (χ4n) is 2.25. The molecule has 116 valence electrons. The molecular formula is C18H15IN2O2. The first-order valence-electron chi connectivity index (χ1n) is 7.19. The number of benzene rings is 2. The van der Waals surface area contributed by atoms with E-state index in [0.29, 0.717) is 12.1 Å². The van der Waals surface area contributed by atoms with Crippen molar-refractivity contribution in [1.29, 1.82) is 0 Å². The van der Waals surface area contributed by atoms with Gasteiger partial charge in [0.25, 0.3) is 0 Å². The molecule has 0 bridgehead atoms. The Morgan fingerprint density at radius 1 is 1.13 bits per heavy atom. The fourth-order valence-corrected chi connectivity index (χ4v) is 2.61. The highest BCUT2D eigenvalue weighted by Gasteiger charge is 2.18. The highest BCUT2D eigenvalue weighted by molar-refractivity contribution is 14.1. The predicted molar refractivity (Wildman–Crippen MR) is 96.0 cm³/mol. The molecule has 0 aliphatic heterocycles. The molecule has 0 aliphatic carbocycles. The predicted octanol–water partition coefficient (Wildman–Crippen LogP) is 4.09. The molecule has 3 aromatic rings. The summed E-state index contributed by atoms with van der Waals surface area (Å²) in [6.07, 6.45) is 4.92. The number of ether oxygens (including phenoxy) is 1. The molecule has 0 aliphatic rings. The van der Waals surface area contributed by atoms with E-state index in [1.54, 1.807) is 24.7 Å². The maximum atomic E-state index is 12.4. The summed E-state index contributed by atoms with van der Waals surface area (Å²) in [4.78, 5) is 16.5. The summed E-state index contributed by atoms with van der Waals surface area (Å²) in [6, 6.07) is 17.1. The molecule has 0 unspecified atom stereocenters. The van der Waals surface area contributed by atoms with Crippen molar-refractivity contribution in [2.45, 2.75) is 12.6 Å². The van der Waals surface area contributed by atoms with Crippen LogP contribution < -0.4 is 0 Å². The summed E-state index contributed by atoms with van der Waals surface area (Å²) < 4.78 is 8.73. The Balaban J connectivity index is 1.80. The first-order chi connectivity index (χ1) is 11.2. The molecule has 3 rings (SSSR count). The number of carbonyl (C=O) groups excluding carboxylic acids is 1. The summed E-state index contributed by atoms with van der Waals surface area (Å²) in [5.41, 5.74) is 1.51. The van der Waals surface area contributed by atoms with Crippen LogP contribution >= 0.6 is 22.6 Å². The molecule has 23 heavy (non-hydrogen) atoms. The molecule has 1 atom stereocenters. The Hall–Kier alpha value is -2.15. The minimum Gasteiger partial charge on any atom is -0.452 e. The quantitative estimate of drug-likeness (QED) is 0.463. The van der Waals surface area contributed by atoms with Crippen LogP contribution in [0.25, 0.3) is 0 Å². The molecule has 0 spiro atoms. The van der Waals surface area contributed by atoms with Crippen molar-refractivity contribution in [2.24, 2.45) is 0 Å². The van der Waals surface area contributed by atoms with Crippen molar-refractivity contribution in [1.82, 2.24) is 9.55 Å². The second-order valence-corrected chi connectivity index (χ2v) is 6.32. The van der Waals surface area contributed by atoms with Crippen LogP contribution in [0.5, 0.6) is 0 Å². The molecular weight excluding hydrogens is 403 g/mol. The number of hydrogen-bond donors (Lipinski definition) is 0. The van der Waals surface area contributed by atoms with Gasteiger partial charge in [-0.25, -0.2) is 9.78 Å². The summed E-state index contributed by atoms with van der Waals surface area (Å²) >= 11 is 2.21. The lowest BCUT2D eigenvalue weighted by Crippen LogP contribution is -2.16. The van der Waals surface area contributed by atoms with E-state index in [9.17, 15) is 4.79 Å². The second-order valence-electron chi connectivity index (χ2n) is 5.07. The monoisotopic (exact) mass is 418 g/mol. The van der Waals surface area contributed by atoms with Crippen LogP contribution in [0.2, 0.25) is 0 Å². The van der Waals surface area contributed by atoms with Crippen molar-refractivity contribution in [3.05, 3.63) is 88.0 Å². The number of halogens is 1. The smallest absolute Gasteiger partial charge is 0.338 e. The number of hydrogen-bond acceptors (Lipinski definition) is 3. The molecule has 0 saturated heterocycles. The summed E-state index contributed by atoms with van der Waals surface area (Å²) in [7, 11) is 0. The number of rotatable bonds is 5. The molecule has 0 N–H and O–H groups in total. The molecule has 1 heterocycles. The second kappa shape index (κ2) is 7.41. The van der Waals surface area contributed by atoms with Gasteiger partial charge in [0, 0.05) is 16.0 Å². The van der Waals surface area contributed by atoms with Crippen molar-refractivity contribution >= 4 is 28.6 Å². The van der Waals surface area contributed by atoms with Gasteiger partial charge in [-0.05, 0) is 52.4 Å². The summed E-state index contributed by atoms with van der Waals surface area (Å²) in [5.74, 6) is -0.324. The van der Waals surface area contributed by atoms with Gasteiger partial charge in [0.2, 0.25) is 0 Å². The maximum Gasteiger partial charge on any atom is 0.338 e. The average Bonchev–Trinajstić information content (AvgIpc) is 3.09. The molecule has 5 heteroatoms. The van der Waals surface area contributed by atoms with Crippen LogP contribution in [0.1, 0.15) is 22.0 Å². The Morgan fingerprint density at radius 2 is 1.87 bits per heavy atom. The van der Waals surface area contributed by atoms with E-state index >= 15 is 0 Å². The van der Waals surface area contributed by atoms with Crippen LogP contribution in [-0.2, 0) is 11.3 Å². The molecule has 0 fully saturated rings. The lowest BCUT2D eigenvalue weighted by molar-refractivity contribution is 0.0255. The normalized spacial score (nSPS) is 11.9. The zero-order valence-corrected chi connectivity index (χ0v) is 14.5. The first kappa shape index (κ1) is 15.7. The molecule has 0 amide bonds. The Labute approximate surface area is 148 Å². The van der Waals surface area contributed by atoms with Gasteiger partial charge in [0.1, 0.15) is 6.10 Å². The van der Waals surface area contributed by atoms with Crippen molar-refractivity contribution in [3.8, 4) is 0 Å². The van der Waals surface area contributed by atoms with Crippen LogP contribution in [0.3, 0.4) is 0 Å². The zero-order valence-electron chi connectivity index (χ0n) is 12.3. The zero-order chi connectivity index (χ0) is 16.1. The molecule has 0 saturated carbocycles. The van der Waals surface area contributed by atoms with Crippen molar-refractivity contribution < 1.29 is 9.53 Å². The largest absolute Gasteiger partial charge is 0.452 e. The van der Waals surface area contributed by atoms with Gasteiger partial charge in [0.15, 0.2) is 0 Å². The van der Waals surface area contributed by atoms with Crippen molar-refractivity contribution in [2.75, 3.05) is 0 Å². The fraction of sp³-hybridized carbons (Fsp3) is 0.111. The van der Waals surface area contributed by atoms with E-state index in [1.807, 2.05) is 53.2 Å². The lowest BCUT2D eigenvalue weighted by atomic mass is 10.1. The maximum absolute atomic E-state index is 12.4. The third-order valence-electron chi connectivity index (χ3n) is 3.44. The third-order valence-corrected chi connectivity index (χ3v) is 4.16. The number of nitrogens with zero attached hydrogens (tertiary/aromatic N) is 2. The molecule has 0 radical (unpaired) electrons. The third kappa shape index (κ3) is 4.19. The van der Waals surface area contributed by atoms with Gasteiger partial charge in [-0.15, -0.1) is 0 Å². The van der Waals surface area contributed by atoms with Gasteiger partial charge < -0.3 is 9.30 Å². The van der Waals surface area contributed by atoms with E-state index < -0.39 is 0 Å². The van der Waals surface area contributed by atoms with Gasteiger partial charge in [-0.3, -0.25) is 0 Å². The van der Waals surface area contributed by atoms with E-state index in [0.717, 1.165) is 9.13 Å². The van der Waals surface area contributed by atoms with Crippen LogP contribution in [0, 0.1) is 3.57 Å². The van der Waals surface area contributed by atoms with E-state index in [2.05, 4.69) is 27.6 Å². The lowest BCUT2D eigenvalue weighted by Gasteiger charge is -2.19.